The molecule has 0 aliphatic heterocycles. The molecule has 0 fully saturated rings. The molecule has 0 bridgehead atoms. The van der Waals surface area contributed by atoms with Crippen molar-refractivity contribution in [1.82, 2.24) is 4.90 Å². The van der Waals surface area contributed by atoms with Crippen LogP contribution >= 0.6 is 11.6 Å². The maximum absolute atomic E-state index is 13.8. The van der Waals surface area contributed by atoms with Crippen LogP contribution in [0.2, 0.25) is 5.02 Å². The van der Waals surface area contributed by atoms with Crippen LogP contribution in [-0.4, -0.2) is 23.0 Å². The number of halogens is 2. The van der Waals surface area contributed by atoms with Gasteiger partial charge in [-0.25, -0.2) is 4.39 Å². The van der Waals surface area contributed by atoms with E-state index in [4.69, 9.17) is 11.6 Å². The van der Waals surface area contributed by atoms with E-state index in [1.165, 1.54) is 29.2 Å². The zero-order chi connectivity index (χ0) is 15.6. The zero-order valence-electron chi connectivity index (χ0n) is 11.7. The van der Waals surface area contributed by atoms with E-state index in [2.05, 4.69) is 0 Å². The Balaban J connectivity index is 2.31. The van der Waals surface area contributed by atoms with Gasteiger partial charge in [0.25, 0.3) is 5.91 Å². The summed E-state index contributed by atoms with van der Waals surface area (Å²) in [5.74, 6) is -0.798. The molecule has 0 saturated carbocycles. The minimum atomic E-state index is -0.461. The summed E-state index contributed by atoms with van der Waals surface area (Å²) in [5, 5.41) is 9.72. The highest BCUT2D eigenvalue weighted by Gasteiger charge is 2.23. The fourth-order valence-corrected chi connectivity index (χ4v) is 2.26. The normalized spacial score (nSPS) is 12.0. The van der Waals surface area contributed by atoms with Crippen LogP contribution in [0.15, 0.2) is 42.5 Å². The van der Waals surface area contributed by atoms with Gasteiger partial charge < -0.3 is 10.0 Å². The maximum atomic E-state index is 13.8. The number of carbonyl (C=O) groups excluding carboxylic acids is 1. The van der Waals surface area contributed by atoms with Crippen LogP contribution in [0, 0.1) is 5.82 Å². The number of rotatable bonds is 3. The summed E-state index contributed by atoms with van der Waals surface area (Å²) in [5.41, 5.74) is 0.604. The Hall–Kier alpha value is -2.07. The van der Waals surface area contributed by atoms with Gasteiger partial charge in [-0.1, -0.05) is 29.8 Å². The molecule has 1 N–H and O–H groups in total. The van der Waals surface area contributed by atoms with E-state index in [-0.39, 0.29) is 28.1 Å². The van der Waals surface area contributed by atoms with Gasteiger partial charge in [0.05, 0.1) is 16.6 Å². The number of phenols is 1. The molecule has 2 rings (SSSR count). The van der Waals surface area contributed by atoms with E-state index >= 15 is 0 Å². The lowest BCUT2D eigenvalue weighted by Crippen LogP contribution is -2.30. The fourth-order valence-electron chi connectivity index (χ4n) is 2.07. The smallest absolute Gasteiger partial charge is 0.255 e. The van der Waals surface area contributed by atoms with Crippen molar-refractivity contribution >= 4 is 17.5 Å². The lowest BCUT2D eigenvalue weighted by atomic mass is 10.1. The highest BCUT2D eigenvalue weighted by atomic mass is 35.5. The number of phenolic OH excluding ortho intramolecular Hbond substituents is 1. The summed E-state index contributed by atoms with van der Waals surface area (Å²) >= 11 is 5.98. The van der Waals surface area contributed by atoms with Crippen molar-refractivity contribution in [3.63, 3.8) is 0 Å². The van der Waals surface area contributed by atoms with Crippen molar-refractivity contribution in [1.29, 1.82) is 0 Å². The maximum Gasteiger partial charge on any atom is 0.255 e. The van der Waals surface area contributed by atoms with Crippen LogP contribution < -0.4 is 0 Å². The van der Waals surface area contributed by atoms with E-state index < -0.39 is 6.04 Å². The molecule has 1 amide bonds. The second-order valence-electron chi connectivity index (χ2n) is 4.78. The first-order valence-corrected chi connectivity index (χ1v) is 6.79. The van der Waals surface area contributed by atoms with Crippen molar-refractivity contribution in [2.24, 2.45) is 0 Å². The lowest BCUT2D eigenvalue weighted by molar-refractivity contribution is 0.0740. The highest BCUT2D eigenvalue weighted by molar-refractivity contribution is 6.33. The van der Waals surface area contributed by atoms with E-state index in [1.807, 2.05) is 0 Å². The Kier molecular flexibility index (Phi) is 4.48. The number of hydrogen-bond acceptors (Lipinski definition) is 2. The van der Waals surface area contributed by atoms with Crippen molar-refractivity contribution in [3.8, 4) is 5.75 Å². The number of carbonyl (C=O) groups is 1. The Labute approximate surface area is 127 Å². The third-order valence-electron chi connectivity index (χ3n) is 3.44. The zero-order valence-corrected chi connectivity index (χ0v) is 12.4. The van der Waals surface area contributed by atoms with Crippen molar-refractivity contribution in [3.05, 3.63) is 64.4 Å². The molecule has 0 saturated heterocycles. The van der Waals surface area contributed by atoms with E-state index in [0.29, 0.717) is 5.56 Å². The molecule has 21 heavy (non-hydrogen) atoms. The first kappa shape index (κ1) is 15.3. The molecule has 2 aromatic rings. The molecule has 0 aliphatic carbocycles. The minimum absolute atomic E-state index is 0.0466. The number of nitrogens with zero attached hydrogens (tertiary/aromatic N) is 1. The molecule has 1 atom stereocenters. The van der Waals surface area contributed by atoms with Crippen LogP contribution in [0.1, 0.15) is 28.9 Å². The van der Waals surface area contributed by atoms with E-state index in [9.17, 15) is 14.3 Å². The molecular formula is C16H15ClFNO2. The third-order valence-corrected chi connectivity index (χ3v) is 3.77. The Bertz CT molecular complexity index is 675. The molecule has 110 valence electrons. The van der Waals surface area contributed by atoms with Gasteiger partial charge in [-0.2, -0.15) is 0 Å². The van der Waals surface area contributed by atoms with Crippen molar-refractivity contribution < 1.29 is 14.3 Å². The SMILES string of the molecule is CC(c1ccccc1F)N(C)C(=O)c1cc(O)ccc1Cl. The summed E-state index contributed by atoms with van der Waals surface area (Å²) in [6.07, 6.45) is 0. The van der Waals surface area contributed by atoms with Gasteiger partial charge in [0.1, 0.15) is 11.6 Å². The molecule has 5 heteroatoms. The van der Waals surface area contributed by atoms with Crippen LogP contribution in [0.25, 0.3) is 0 Å². The first-order valence-electron chi connectivity index (χ1n) is 6.42. The minimum Gasteiger partial charge on any atom is -0.508 e. The second kappa shape index (κ2) is 6.14. The molecule has 0 aromatic heterocycles. The van der Waals surface area contributed by atoms with Crippen LogP contribution in [0.5, 0.6) is 5.75 Å². The average Bonchev–Trinajstić information content (AvgIpc) is 2.48. The first-order chi connectivity index (χ1) is 9.91. The van der Waals surface area contributed by atoms with E-state index in [0.717, 1.165) is 0 Å². The van der Waals surface area contributed by atoms with Gasteiger partial charge in [0.2, 0.25) is 0 Å². The highest BCUT2D eigenvalue weighted by Crippen LogP contribution is 2.27. The van der Waals surface area contributed by atoms with Gasteiger partial charge >= 0.3 is 0 Å². The molecule has 0 aliphatic rings. The van der Waals surface area contributed by atoms with Crippen LogP contribution in [0.3, 0.4) is 0 Å². The molecule has 0 spiro atoms. The molecule has 1 unspecified atom stereocenters. The molecule has 0 radical (unpaired) electrons. The fraction of sp³-hybridized carbons (Fsp3) is 0.188. The van der Waals surface area contributed by atoms with Crippen molar-refractivity contribution in [2.75, 3.05) is 7.05 Å². The molecule has 0 heterocycles. The Morgan fingerprint density at radius 3 is 2.62 bits per heavy atom. The summed E-state index contributed by atoms with van der Waals surface area (Å²) < 4.78 is 13.8. The molecular weight excluding hydrogens is 293 g/mol. The predicted molar refractivity (Wildman–Crippen MR) is 80.0 cm³/mol. The number of benzene rings is 2. The predicted octanol–water partition coefficient (Wildman–Crippen LogP) is 4.02. The van der Waals surface area contributed by atoms with E-state index in [1.54, 1.807) is 32.2 Å². The van der Waals surface area contributed by atoms with Gasteiger partial charge in [-0.3, -0.25) is 4.79 Å². The Morgan fingerprint density at radius 1 is 1.29 bits per heavy atom. The van der Waals surface area contributed by atoms with Gasteiger partial charge in [0.15, 0.2) is 0 Å². The van der Waals surface area contributed by atoms with Crippen LogP contribution in [-0.2, 0) is 0 Å². The lowest BCUT2D eigenvalue weighted by Gasteiger charge is -2.26. The average molecular weight is 308 g/mol. The molecule has 2 aromatic carbocycles. The third kappa shape index (κ3) is 3.16. The standard InChI is InChI=1S/C16H15ClFNO2/c1-10(12-5-3-4-6-15(12)18)19(2)16(21)13-9-11(20)7-8-14(13)17/h3-10,20H,1-2H3. The monoisotopic (exact) mass is 307 g/mol. The van der Waals surface area contributed by atoms with Gasteiger partial charge in [-0.05, 0) is 31.2 Å². The Morgan fingerprint density at radius 2 is 1.95 bits per heavy atom. The number of aromatic hydroxyl groups is 1. The van der Waals surface area contributed by atoms with Crippen LogP contribution in [0.4, 0.5) is 4.39 Å². The summed E-state index contributed by atoms with van der Waals surface area (Å²) in [6.45, 7) is 1.73. The number of amides is 1. The topological polar surface area (TPSA) is 40.5 Å². The summed E-state index contributed by atoms with van der Waals surface area (Å²) in [4.78, 5) is 13.8. The van der Waals surface area contributed by atoms with Gasteiger partial charge in [-0.15, -0.1) is 0 Å². The molecule has 3 nitrogen and oxygen atoms in total. The second-order valence-corrected chi connectivity index (χ2v) is 5.18. The van der Waals surface area contributed by atoms with Gasteiger partial charge in [0, 0.05) is 12.6 Å². The van der Waals surface area contributed by atoms with Crippen molar-refractivity contribution in [2.45, 2.75) is 13.0 Å². The largest absolute Gasteiger partial charge is 0.508 e. The summed E-state index contributed by atoms with van der Waals surface area (Å²) in [6, 6.07) is 9.99. The quantitative estimate of drug-likeness (QED) is 0.930. The summed E-state index contributed by atoms with van der Waals surface area (Å²) in [7, 11) is 1.57. The number of hydrogen-bond donors (Lipinski definition) is 1.